The Kier molecular flexibility index (Phi) is 3.68. The van der Waals surface area contributed by atoms with Gasteiger partial charge < -0.3 is 5.32 Å². The molecule has 0 fully saturated rings. The Hall–Kier alpha value is -0.780. The lowest BCUT2D eigenvalue weighted by atomic mass is 10.2. The molecule has 2 aromatic rings. The molecule has 1 atom stereocenters. The number of pyridine rings is 1. The van der Waals surface area contributed by atoms with Gasteiger partial charge in [0.25, 0.3) is 0 Å². The lowest BCUT2D eigenvalue weighted by Crippen LogP contribution is -2.18. The van der Waals surface area contributed by atoms with E-state index in [9.17, 15) is 0 Å². The number of thiazole rings is 1. The molecule has 84 valence electrons. The van der Waals surface area contributed by atoms with Gasteiger partial charge >= 0.3 is 0 Å². The van der Waals surface area contributed by atoms with E-state index >= 15 is 0 Å². The van der Waals surface area contributed by atoms with Crippen molar-refractivity contribution in [1.82, 2.24) is 15.3 Å². The molecule has 0 saturated heterocycles. The zero-order chi connectivity index (χ0) is 11.5. The van der Waals surface area contributed by atoms with E-state index in [4.69, 9.17) is 0 Å². The van der Waals surface area contributed by atoms with Crippen molar-refractivity contribution < 1.29 is 0 Å². The minimum atomic E-state index is 0.0757. The molecule has 2 aromatic heterocycles. The number of nitrogens with one attached hydrogen (secondary N) is 1. The van der Waals surface area contributed by atoms with Gasteiger partial charge in [0.1, 0.15) is 11.0 Å². The monoisotopic (exact) mass is 297 g/mol. The highest BCUT2D eigenvalue weighted by molar-refractivity contribution is 9.10. The molecular formula is C11H12BrN3S. The zero-order valence-corrected chi connectivity index (χ0v) is 11.5. The Bertz CT molecular complexity index is 466. The second-order valence-corrected chi connectivity index (χ2v) is 5.26. The summed E-state index contributed by atoms with van der Waals surface area (Å²) in [5.41, 5.74) is 2.04. The van der Waals surface area contributed by atoms with Crippen LogP contribution in [0.3, 0.4) is 0 Å². The van der Waals surface area contributed by atoms with Crippen molar-refractivity contribution in [3.63, 3.8) is 0 Å². The van der Waals surface area contributed by atoms with Crippen LogP contribution in [0.4, 0.5) is 0 Å². The fourth-order valence-electron chi connectivity index (χ4n) is 1.46. The predicted molar refractivity (Wildman–Crippen MR) is 69.7 cm³/mol. The number of aromatic nitrogens is 2. The summed E-state index contributed by atoms with van der Waals surface area (Å²) in [5, 5.41) is 6.34. The van der Waals surface area contributed by atoms with Crippen LogP contribution in [-0.2, 0) is 0 Å². The van der Waals surface area contributed by atoms with Crippen molar-refractivity contribution >= 4 is 27.3 Å². The highest BCUT2D eigenvalue weighted by Crippen LogP contribution is 2.24. The number of halogens is 1. The Balaban J connectivity index is 2.32. The summed E-state index contributed by atoms with van der Waals surface area (Å²) in [5.74, 6) is 0. The fourth-order valence-corrected chi connectivity index (χ4v) is 2.61. The molecule has 0 spiro atoms. The first-order valence-corrected chi connectivity index (χ1v) is 6.58. The summed E-state index contributed by atoms with van der Waals surface area (Å²) in [6, 6.07) is 4.07. The molecule has 0 radical (unpaired) electrons. The van der Waals surface area contributed by atoms with E-state index in [1.54, 1.807) is 17.5 Å². The summed E-state index contributed by atoms with van der Waals surface area (Å²) in [7, 11) is 1.92. The van der Waals surface area contributed by atoms with Crippen molar-refractivity contribution in [3.8, 4) is 0 Å². The van der Waals surface area contributed by atoms with Gasteiger partial charge in [-0.1, -0.05) is 0 Å². The first-order valence-electron chi connectivity index (χ1n) is 4.91. The number of hydrogen-bond acceptors (Lipinski definition) is 4. The largest absolute Gasteiger partial charge is 0.306 e. The topological polar surface area (TPSA) is 37.8 Å². The van der Waals surface area contributed by atoms with E-state index in [0.29, 0.717) is 0 Å². The molecule has 0 amide bonds. The fraction of sp³-hybridized carbons (Fsp3) is 0.273. The molecule has 3 nitrogen and oxygen atoms in total. The normalized spacial score (nSPS) is 12.7. The van der Waals surface area contributed by atoms with Crippen molar-refractivity contribution in [1.29, 1.82) is 0 Å². The molecule has 16 heavy (non-hydrogen) atoms. The lowest BCUT2D eigenvalue weighted by Gasteiger charge is -2.12. The Morgan fingerprint density at radius 1 is 1.44 bits per heavy atom. The van der Waals surface area contributed by atoms with Gasteiger partial charge in [-0.15, -0.1) is 11.3 Å². The van der Waals surface area contributed by atoms with Crippen LogP contribution in [-0.4, -0.2) is 17.0 Å². The number of nitrogens with zero attached hydrogens (tertiary/aromatic N) is 2. The Labute approximate surface area is 107 Å². The Morgan fingerprint density at radius 3 is 2.75 bits per heavy atom. The van der Waals surface area contributed by atoms with E-state index < -0.39 is 0 Å². The standard InChI is InChI=1S/C11H12BrN3S/c1-7-6-16-11(15-7)10(13-2)9-4-3-8(12)5-14-9/h3-6,10,13H,1-2H3. The van der Waals surface area contributed by atoms with Crippen LogP contribution in [0.15, 0.2) is 28.2 Å². The van der Waals surface area contributed by atoms with Crippen LogP contribution in [0.25, 0.3) is 0 Å². The second-order valence-electron chi connectivity index (χ2n) is 3.45. The van der Waals surface area contributed by atoms with E-state index in [-0.39, 0.29) is 6.04 Å². The first-order chi connectivity index (χ1) is 7.70. The van der Waals surface area contributed by atoms with Crippen molar-refractivity contribution in [3.05, 3.63) is 44.6 Å². The highest BCUT2D eigenvalue weighted by atomic mass is 79.9. The van der Waals surface area contributed by atoms with Gasteiger partial charge in [0.15, 0.2) is 0 Å². The van der Waals surface area contributed by atoms with Crippen LogP contribution < -0.4 is 5.32 Å². The molecule has 0 aliphatic rings. The minimum absolute atomic E-state index is 0.0757. The van der Waals surface area contributed by atoms with E-state index in [2.05, 4.69) is 36.6 Å². The molecule has 0 aliphatic carbocycles. The molecule has 0 bridgehead atoms. The third kappa shape index (κ3) is 2.48. The van der Waals surface area contributed by atoms with Crippen molar-refractivity contribution in [2.45, 2.75) is 13.0 Å². The smallest absolute Gasteiger partial charge is 0.116 e. The van der Waals surface area contributed by atoms with E-state index in [1.165, 1.54) is 0 Å². The van der Waals surface area contributed by atoms with Crippen LogP contribution in [0, 0.1) is 6.92 Å². The number of aryl methyl sites for hydroxylation is 1. The molecule has 1 N–H and O–H groups in total. The summed E-state index contributed by atoms with van der Waals surface area (Å²) in [6.07, 6.45) is 1.81. The SMILES string of the molecule is CNC(c1ccc(Br)cn1)c1nc(C)cs1. The third-order valence-corrected chi connectivity index (χ3v) is 3.71. The van der Waals surface area contributed by atoms with Gasteiger partial charge in [-0.2, -0.15) is 0 Å². The Morgan fingerprint density at radius 2 is 2.25 bits per heavy atom. The van der Waals surface area contributed by atoms with Crippen LogP contribution in [0.1, 0.15) is 22.4 Å². The van der Waals surface area contributed by atoms with Crippen molar-refractivity contribution in [2.24, 2.45) is 0 Å². The summed E-state index contributed by atoms with van der Waals surface area (Å²) in [6.45, 7) is 2.00. The molecule has 0 aromatic carbocycles. The maximum absolute atomic E-state index is 4.48. The first kappa shape index (κ1) is 11.7. The van der Waals surface area contributed by atoms with Gasteiger partial charge in [-0.05, 0) is 42.0 Å². The molecule has 0 aliphatic heterocycles. The van der Waals surface area contributed by atoms with Gasteiger partial charge in [0.2, 0.25) is 0 Å². The molecule has 1 unspecified atom stereocenters. The summed E-state index contributed by atoms with van der Waals surface area (Å²) >= 11 is 5.04. The number of hydrogen-bond donors (Lipinski definition) is 1. The van der Waals surface area contributed by atoms with E-state index in [1.807, 2.05) is 26.1 Å². The summed E-state index contributed by atoms with van der Waals surface area (Å²) < 4.78 is 0.987. The lowest BCUT2D eigenvalue weighted by molar-refractivity contribution is 0.664. The van der Waals surface area contributed by atoms with Gasteiger partial charge in [0, 0.05) is 21.7 Å². The maximum Gasteiger partial charge on any atom is 0.116 e. The second kappa shape index (κ2) is 5.03. The zero-order valence-electron chi connectivity index (χ0n) is 9.07. The van der Waals surface area contributed by atoms with Gasteiger partial charge in [-0.3, -0.25) is 4.98 Å². The predicted octanol–water partition coefficient (Wildman–Crippen LogP) is 2.92. The number of rotatable bonds is 3. The van der Waals surface area contributed by atoms with Crippen molar-refractivity contribution in [2.75, 3.05) is 7.05 Å². The van der Waals surface area contributed by atoms with Gasteiger partial charge in [-0.25, -0.2) is 4.98 Å². The summed E-state index contributed by atoms with van der Waals surface area (Å²) in [4.78, 5) is 8.88. The third-order valence-electron chi connectivity index (χ3n) is 2.22. The maximum atomic E-state index is 4.48. The average molecular weight is 298 g/mol. The van der Waals surface area contributed by atoms with Crippen LogP contribution in [0.5, 0.6) is 0 Å². The highest BCUT2D eigenvalue weighted by Gasteiger charge is 2.16. The average Bonchev–Trinajstić information content (AvgIpc) is 2.69. The molecule has 0 saturated carbocycles. The van der Waals surface area contributed by atoms with E-state index in [0.717, 1.165) is 20.9 Å². The van der Waals surface area contributed by atoms with Crippen LogP contribution in [0.2, 0.25) is 0 Å². The van der Waals surface area contributed by atoms with Gasteiger partial charge in [0.05, 0.1) is 5.69 Å². The quantitative estimate of drug-likeness (QED) is 0.947. The minimum Gasteiger partial charge on any atom is -0.306 e. The molecule has 5 heteroatoms. The molecule has 2 heterocycles. The molecular weight excluding hydrogens is 286 g/mol. The van der Waals surface area contributed by atoms with Crippen LogP contribution >= 0.6 is 27.3 Å². The molecule has 2 rings (SSSR count).